The van der Waals surface area contributed by atoms with E-state index in [9.17, 15) is 0 Å². The van der Waals surface area contributed by atoms with Gasteiger partial charge in [0.2, 0.25) is 0 Å². The molecule has 4 nitrogen and oxygen atoms in total. The SMILES string of the molecule is Cc1nn(CC2COc3ccccc32)c(C)c1CC(C)N. The third-order valence-electron chi connectivity index (χ3n) is 4.25. The summed E-state index contributed by atoms with van der Waals surface area (Å²) in [4.78, 5) is 0. The topological polar surface area (TPSA) is 53.1 Å². The summed E-state index contributed by atoms with van der Waals surface area (Å²) in [6, 6.07) is 8.45. The Kier molecular flexibility index (Phi) is 3.72. The standard InChI is InChI=1S/C17H23N3O/c1-11(18)8-16-12(2)19-20(13(16)3)9-14-10-21-17-7-5-4-6-15(14)17/h4-7,11,14H,8-10,18H2,1-3H3. The van der Waals surface area contributed by atoms with E-state index in [2.05, 4.69) is 30.7 Å². The molecule has 0 spiro atoms. The summed E-state index contributed by atoms with van der Waals surface area (Å²) in [5.74, 6) is 1.39. The Labute approximate surface area is 125 Å². The van der Waals surface area contributed by atoms with Crippen LogP contribution in [0, 0.1) is 13.8 Å². The molecule has 0 radical (unpaired) electrons. The molecule has 2 unspecified atom stereocenters. The monoisotopic (exact) mass is 285 g/mol. The molecule has 1 aromatic heterocycles. The molecular formula is C17H23N3O. The summed E-state index contributed by atoms with van der Waals surface area (Å²) < 4.78 is 7.88. The van der Waals surface area contributed by atoms with Crippen molar-refractivity contribution >= 4 is 0 Å². The Morgan fingerprint density at radius 1 is 1.38 bits per heavy atom. The predicted octanol–water partition coefficient (Wildman–Crippen LogP) is 2.57. The summed E-state index contributed by atoms with van der Waals surface area (Å²) in [5, 5.41) is 4.71. The number of hydrogen-bond donors (Lipinski definition) is 1. The lowest BCUT2D eigenvalue weighted by molar-refractivity contribution is 0.314. The lowest BCUT2D eigenvalue weighted by Crippen LogP contribution is -2.19. The van der Waals surface area contributed by atoms with E-state index >= 15 is 0 Å². The second-order valence-corrected chi connectivity index (χ2v) is 6.06. The van der Waals surface area contributed by atoms with Crippen LogP contribution in [0.3, 0.4) is 0 Å². The number of nitrogens with zero attached hydrogens (tertiary/aromatic N) is 2. The Morgan fingerprint density at radius 3 is 2.90 bits per heavy atom. The van der Waals surface area contributed by atoms with Gasteiger partial charge < -0.3 is 10.5 Å². The predicted molar refractivity (Wildman–Crippen MR) is 83.7 cm³/mol. The van der Waals surface area contributed by atoms with Crippen molar-refractivity contribution in [3.63, 3.8) is 0 Å². The average Bonchev–Trinajstić information content (AvgIpc) is 2.96. The maximum atomic E-state index is 5.94. The number of aromatic nitrogens is 2. The van der Waals surface area contributed by atoms with Crippen molar-refractivity contribution in [1.29, 1.82) is 0 Å². The van der Waals surface area contributed by atoms with Gasteiger partial charge in [0.25, 0.3) is 0 Å². The van der Waals surface area contributed by atoms with Crippen LogP contribution < -0.4 is 10.5 Å². The maximum Gasteiger partial charge on any atom is 0.122 e. The van der Waals surface area contributed by atoms with Crippen LogP contribution in [0.15, 0.2) is 24.3 Å². The molecular weight excluding hydrogens is 262 g/mol. The molecule has 0 bridgehead atoms. The van der Waals surface area contributed by atoms with Gasteiger partial charge in [-0.3, -0.25) is 4.68 Å². The Hall–Kier alpha value is -1.81. The zero-order chi connectivity index (χ0) is 15.0. The van der Waals surface area contributed by atoms with Crippen LogP contribution in [0.5, 0.6) is 5.75 Å². The zero-order valence-corrected chi connectivity index (χ0v) is 13.0. The first-order valence-corrected chi connectivity index (χ1v) is 7.56. The highest BCUT2D eigenvalue weighted by molar-refractivity contribution is 5.39. The van der Waals surface area contributed by atoms with Gasteiger partial charge in [0.05, 0.1) is 18.8 Å². The fraction of sp³-hybridized carbons (Fsp3) is 0.471. The molecule has 2 aromatic rings. The molecule has 3 rings (SSSR count). The van der Waals surface area contributed by atoms with Crippen molar-refractivity contribution in [2.75, 3.05) is 6.61 Å². The number of rotatable bonds is 4. The first kappa shape index (κ1) is 14.1. The van der Waals surface area contributed by atoms with Gasteiger partial charge in [-0.25, -0.2) is 0 Å². The highest BCUT2D eigenvalue weighted by Gasteiger charge is 2.25. The normalized spacial score (nSPS) is 18.4. The summed E-state index contributed by atoms with van der Waals surface area (Å²) in [5.41, 5.74) is 10.8. The van der Waals surface area contributed by atoms with Crippen LogP contribution >= 0.6 is 0 Å². The minimum atomic E-state index is 0.163. The first-order valence-electron chi connectivity index (χ1n) is 7.56. The minimum Gasteiger partial charge on any atom is -0.493 e. The van der Waals surface area contributed by atoms with Crippen molar-refractivity contribution in [3.8, 4) is 5.75 Å². The van der Waals surface area contributed by atoms with Gasteiger partial charge in [-0.1, -0.05) is 18.2 Å². The Balaban J connectivity index is 1.84. The molecule has 0 saturated heterocycles. The largest absolute Gasteiger partial charge is 0.493 e. The molecule has 21 heavy (non-hydrogen) atoms. The smallest absolute Gasteiger partial charge is 0.122 e. The molecule has 1 aliphatic heterocycles. The fourth-order valence-electron chi connectivity index (χ4n) is 3.12. The van der Waals surface area contributed by atoms with E-state index in [1.165, 1.54) is 16.8 Å². The Morgan fingerprint density at radius 2 is 2.14 bits per heavy atom. The molecule has 0 amide bonds. The van der Waals surface area contributed by atoms with Crippen LogP contribution in [-0.4, -0.2) is 22.4 Å². The van der Waals surface area contributed by atoms with Gasteiger partial charge in [0.15, 0.2) is 0 Å². The molecule has 1 aliphatic rings. The number of nitrogens with two attached hydrogens (primary N) is 1. The molecule has 0 saturated carbocycles. The van der Waals surface area contributed by atoms with E-state index in [1.807, 2.05) is 19.1 Å². The van der Waals surface area contributed by atoms with Crippen LogP contribution in [0.4, 0.5) is 0 Å². The number of ether oxygens (including phenoxy) is 1. The van der Waals surface area contributed by atoms with Gasteiger partial charge in [0, 0.05) is 23.2 Å². The van der Waals surface area contributed by atoms with Crippen molar-refractivity contribution in [2.24, 2.45) is 5.73 Å². The number of para-hydroxylation sites is 1. The van der Waals surface area contributed by atoms with Gasteiger partial charge in [-0.15, -0.1) is 0 Å². The highest BCUT2D eigenvalue weighted by Crippen LogP contribution is 2.34. The second-order valence-electron chi connectivity index (χ2n) is 6.06. The molecule has 0 aliphatic carbocycles. The number of fused-ring (bicyclic) bond motifs is 1. The van der Waals surface area contributed by atoms with E-state index in [4.69, 9.17) is 15.6 Å². The molecule has 1 aromatic carbocycles. The summed E-state index contributed by atoms with van der Waals surface area (Å²) in [6.45, 7) is 7.85. The van der Waals surface area contributed by atoms with E-state index < -0.39 is 0 Å². The molecule has 2 heterocycles. The van der Waals surface area contributed by atoms with Gasteiger partial charge in [-0.05, 0) is 38.8 Å². The number of benzene rings is 1. The molecule has 0 fully saturated rings. The van der Waals surface area contributed by atoms with Crippen molar-refractivity contribution < 1.29 is 4.74 Å². The maximum absolute atomic E-state index is 5.94. The Bertz CT molecular complexity index is 645. The number of aryl methyl sites for hydroxylation is 1. The minimum absolute atomic E-state index is 0.163. The molecule has 4 heteroatoms. The van der Waals surface area contributed by atoms with E-state index in [0.29, 0.717) is 5.92 Å². The van der Waals surface area contributed by atoms with E-state index in [1.54, 1.807) is 0 Å². The fourth-order valence-corrected chi connectivity index (χ4v) is 3.12. The third kappa shape index (κ3) is 2.68. The van der Waals surface area contributed by atoms with Gasteiger partial charge in [-0.2, -0.15) is 5.10 Å². The summed E-state index contributed by atoms with van der Waals surface area (Å²) in [6.07, 6.45) is 0.884. The lowest BCUT2D eigenvalue weighted by Gasteiger charge is -2.11. The second kappa shape index (κ2) is 5.53. The van der Waals surface area contributed by atoms with E-state index in [0.717, 1.165) is 31.0 Å². The van der Waals surface area contributed by atoms with Gasteiger partial charge >= 0.3 is 0 Å². The van der Waals surface area contributed by atoms with Crippen molar-refractivity contribution in [3.05, 3.63) is 46.8 Å². The van der Waals surface area contributed by atoms with Crippen LogP contribution in [0.25, 0.3) is 0 Å². The van der Waals surface area contributed by atoms with Crippen molar-refractivity contribution in [2.45, 2.75) is 45.7 Å². The van der Waals surface area contributed by atoms with Crippen LogP contribution in [-0.2, 0) is 13.0 Å². The molecule has 112 valence electrons. The summed E-state index contributed by atoms with van der Waals surface area (Å²) >= 11 is 0. The van der Waals surface area contributed by atoms with Crippen LogP contribution in [0.1, 0.15) is 35.4 Å². The van der Waals surface area contributed by atoms with Crippen LogP contribution in [0.2, 0.25) is 0 Å². The van der Waals surface area contributed by atoms with Gasteiger partial charge in [0.1, 0.15) is 5.75 Å². The average molecular weight is 285 g/mol. The van der Waals surface area contributed by atoms with Crippen molar-refractivity contribution in [1.82, 2.24) is 9.78 Å². The molecule has 2 atom stereocenters. The number of hydrogen-bond acceptors (Lipinski definition) is 3. The summed E-state index contributed by atoms with van der Waals surface area (Å²) in [7, 11) is 0. The molecule has 2 N–H and O–H groups in total. The lowest BCUT2D eigenvalue weighted by atomic mass is 10.0. The quantitative estimate of drug-likeness (QED) is 0.939. The first-order chi connectivity index (χ1) is 10.1. The highest BCUT2D eigenvalue weighted by atomic mass is 16.5. The zero-order valence-electron chi connectivity index (χ0n) is 13.0. The van der Waals surface area contributed by atoms with E-state index in [-0.39, 0.29) is 6.04 Å². The third-order valence-corrected chi connectivity index (χ3v) is 4.25.